The molecule has 0 saturated carbocycles. The van der Waals surface area contributed by atoms with Crippen LogP contribution in [0.1, 0.15) is 12.8 Å². The number of carbonyl (C=O) groups is 2. The van der Waals surface area contributed by atoms with Crippen molar-refractivity contribution in [1.82, 2.24) is 5.32 Å². The topological polar surface area (TPSA) is 58.6 Å². The molecule has 0 aromatic heterocycles. The highest BCUT2D eigenvalue weighted by Crippen LogP contribution is 2.24. The van der Waals surface area contributed by atoms with E-state index in [1.54, 1.807) is 12.0 Å². The van der Waals surface area contributed by atoms with Gasteiger partial charge in [-0.3, -0.25) is 9.59 Å². The molecular weight excluding hydrogens is 280 g/mol. The number of nitrogens with one attached hydrogen (secondary N) is 1. The van der Waals surface area contributed by atoms with Gasteiger partial charge in [0.15, 0.2) is 0 Å². The lowest BCUT2D eigenvalue weighted by atomic mass is 10.2. The molecule has 0 spiro atoms. The quantitative estimate of drug-likeness (QED) is 0.839. The van der Waals surface area contributed by atoms with Gasteiger partial charge in [0.2, 0.25) is 11.8 Å². The maximum atomic E-state index is 12.0. The van der Waals surface area contributed by atoms with Gasteiger partial charge < -0.3 is 15.0 Å². The smallest absolute Gasteiger partial charge is 0.229 e. The molecule has 1 aromatic rings. The van der Waals surface area contributed by atoms with Crippen molar-refractivity contribution < 1.29 is 14.3 Å². The van der Waals surface area contributed by atoms with Crippen LogP contribution in [-0.2, 0) is 9.59 Å². The average molecular weight is 297 g/mol. The predicted molar refractivity (Wildman–Crippen MR) is 77.2 cm³/mol. The normalized spacial score (nSPS) is 18.2. The van der Waals surface area contributed by atoms with Crippen molar-refractivity contribution in [2.24, 2.45) is 0 Å². The number of alkyl halides is 1. The first kappa shape index (κ1) is 14.7. The number of hydrogen-bond donors (Lipinski definition) is 1. The first-order chi connectivity index (χ1) is 9.63. The molecule has 1 heterocycles. The summed E-state index contributed by atoms with van der Waals surface area (Å²) in [6, 6.07) is 7.13. The summed E-state index contributed by atoms with van der Waals surface area (Å²) in [5.74, 6) is 0.919. The second kappa shape index (κ2) is 6.61. The number of methoxy groups -OCH3 is 1. The van der Waals surface area contributed by atoms with Gasteiger partial charge in [-0.15, -0.1) is 11.6 Å². The molecule has 1 unspecified atom stereocenters. The minimum atomic E-state index is -0.152. The molecule has 0 bridgehead atoms. The highest BCUT2D eigenvalue weighted by Gasteiger charge is 2.31. The van der Waals surface area contributed by atoms with Crippen molar-refractivity contribution >= 4 is 29.1 Å². The van der Waals surface area contributed by atoms with Crippen LogP contribution in [0.15, 0.2) is 24.3 Å². The van der Waals surface area contributed by atoms with Gasteiger partial charge in [-0.05, 0) is 24.3 Å². The van der Waals surface area contributed by atoms with E-state index in [4.69, 9.17) is 16.3 Å². The maximum absolute atomic E-state index is 12.0. The largest absolute Gasteiger partial charge is 0.497 e. The Hall–Kier alpha value is -1.75. The monoisotopic (exact) mass is 296 g/mol. The van der Waals surface area contributed by atoms with Crippen LogP contribution in [0.5, 0.6) is 5.75 Å². The van der Waals surface area contributed by atoms with E-state index in [2.05, 4.69) is 5.32 Å². The minimum Gasteiger partial charge on any atom is -0.497 e. The SMILES string of the molecule is COc1ccc(N2CC(NC(=O)CCCl)CC2=O)cc1. The van der Waals surface area contributed by atoms with Crippen LogP contribution in [0.4, 0.5) is 5.69 Å². The second-order valence-corrected chi connectivity index (χ2v) is 4.99. The molecule has 1 atom stereocenters. The molecule has 6 heteroatoms. The molecule has 0 radical (unpaired) electrons. The molecular formula is C14H17ClN2O3. The zero-order valence-corrected chi connectivity index (χ0v) is 12.0. The Bertz CT molecular complexity index is 490. The molecule has 0 aliphatic carbocycles. The van der Waals surface area contributed by atoms with E-state index in [9.17, 15) is 9.59 Å². The van der Waals surface area contributed by atoms with Crippen molar-refractivity contribution in [3.63, 3.8) is 0 Å². The fraction of sp³-hybridized carbons (Fsp3) is 0.429. The number of hydrogen-bond acceptors (Lipinski definition) is 3. The summed E-state index contributed by atoms with van der Waals surface area (Å²) in [4.78, 5) is 25.2. The summed E-state index contributed by atoms with van der Waals surface area (Å²) in [6.45, 7) is 0.485. The van der Waals surface area contributed by atoms with Crippen LogP contribution in [-0.4, -0.2) is 37.4 Å². The highest BCUT2D eigenvalue weighted by atomic mass is 35.5. The summed E-state index contributed by atoms with van der Waals surface area (Å²) in [5.41, 5.74) is 0.810. The molecule has 1 aliphatic heterocycles. The van der Waals surface area contributed by atoms with Crippen molar-refractivity contribution in [2.75, 3.05) is 24.4 Å². The standard InChI is InChI=1S/C14H17ClN2O3/c1-20-12-4-2-11(3-5-12)17-9-10(8-14(17)19)16-13(18)6-7-15/h2-5,10H,6-9H2,1H3,(H,16,18). The number of ether oxygens (including phenoxy) is 1. The molecule has 108 valence electrons. The van der Waals surface area contributed by atoms with Gasteiger partial charge in [0.1, 0.15) is 5.75 Å². The van der Waals surface area contributed by atoms with Gasteiger partial charge >= 0.3 is 0 Å². The van der Waals surface area contributed by atoms with Crippen molar-refractivity contribution in [1.29, 1.82) is 0 Å². The van der Waals surface area contributed by atoms with Crippen LogP contribution >= 0.6 is 11.6 Å². The first-order valence-electron chi connectivity index (χ1n) is 6.43. The summed E-state index contributed by atoms with van der Waals surface area (Å²) >= 11 is 5.51. The van der Waals surface area contributed by atoms with E-state index >= 15 is 0 Å². The lowest BCUT2D eigenvalue weighted by Gasteiger charge is -2.17. The van der Waals surface area contributed by atoms with E-state index in [-0.39, 0.29) is 30.2 Å². The average Bonchev–Trinajstić information content (AvgIpc) is 2.80. The fourth-order valence-corrected chi connectivity index (χ4v) is 2.37. The summed E-state index contributed by atoms with van der Waals surface area (Å²) in [6.07, 6.45) is 0.592. The molecule has 2 rings (SSSR count). The van der Waals surface area contributed by atoms with Gasteiger partial charge in [-0.2, -0.15) is 0 Å². The third kappa shape index (κ3) is 3.42. The number of rotatable bonds is 5. The first-order valence-corrected chi connectivity index (χ1v) is 6.97. The number of halogens is 1. The number of nitrogens with zero attached hydrogens (tertiary/aromatic N) is 1. The third-order valence-corrected chi connectivity index (χ3v) is 3.38. The Morgan fingerprint density at radius 2 is 2.15 bits per heavy atom. The van der Waals surface area contributed by atoms with E-state index in [0.29, 0.717) is 13.0 Å². The van der Waals surface area contributed by atoms with Crippen molar-refractivity contribution in [2.45, 2.75) is 18.9 Å². The molecule has 2 amide bonds. The molecule has 20 heavy (non-hydrogen) atoms. The van der Waals surface area contributed by atoms with Crippen LogP contribution in [0, 0.1) is 0 Å². The Labute approximate surface area is 122 Å². The van der Waals surface area contributed by atoms with Crippen LogP contribution in [0.25, 0.3) is 0 Å². The van der Waals surface area contributed by atoms with E-state index in [1.165, 1.54) is 0 Å². The van der Waals surface area contributed by atoms with Gasteiger partial charge in [-0.1, -0.05) is 0 Å². The molecule has 1 aromatic carbocycles. The second-order valence-electron chi connectivity index (χ2n) is 4.61. The molecule has 1 N–H and O–H groups in total. The number of benzene rings is 1. The van der Waals surface area contributed by atoms with Gasteiger partial charge in [0.25, 0.3) is 0 Å². The molecule has 5 nitrogen and oxygen atoms in total. The van der Waals surface area contributed by atoms with Crippen molar-refractivity contribution in [3.05, 3.63) is 24.3 Å². The van der Waals surface area contributed by atoms with Crippen molar-refractivity contribution in [3.8, 4) is 5.75 Å². The highest BCUT2D eigenvalue weighted by molar-refractivity contribution is 6.18. The Balaban J connectivity index is 1.99. The predicted octanol–water partition coefficient (Wildman–Crippen LogP) is 1.55. The van der Waals surface area contributed by atoms with E-state index in [1.807, 2.05) is 24.3 Å². The summed E-state index contributed by atoms with van der Waals surface area (Å²) in [7, 11) is 1.60. The number of amides is 2. The molecule has 1 saturated heterocycles. The Morgan fingerprint density at radius 3 is 2.75 bits per heavy atom. The third-order valence-electron chi connectivity index (χ3n) is 3.20. The van der Waals surface area contributed by atoms with Crippen LogP contribution in [0.2, 0.25) is 0 Å². The Morgan fingerprint density at radius 1 is 1.45 bits per heavy atom. The number of carbonyl (C=O) groups excluding carboxylic acids is 2. The zero-order chi connectivity index (χ0) is 14.5. The fourth-order valence-electron chi connectivity index (χ4n) is 2.20. The van der Waals surface area contributed by atoms with E-state index < -0.39 is 0 Å². The summed E-state index contributed by atoms with van der Waals surface area (Å²) < 4.78 is 5.09. The lowest BCUT2D eigenvalue weighted by Crippen LogP contribution is -2.37. The molecule has 1 aliphatic rings. The molecule has 1 fully saturated rings. The van der Waals surface area contributed by atoms with Gasteiger partial charge in [0, 0.05) is 31.0 Å². The van der Waals surface area contributed by atoms with Crippen LogP contribution in [0.3, 0.4) is 0 Å². The zero-order valence-electron chi connectivity index (χ0n) is 11.3. The Kier molecular flexibility index (Phi) is 4.84. The lowest BCUT2D eigenvalue weighted by molar-refractivity contribution is -0.121. The van der Waals surface area contributed by atoms with Gasteiger partial charge in [0.05, 0.1) is 13.2 Å². The summed E-state index contributed by atoms with van der Waals surface area (Å²) in [5, 5.41) is 2.82. The van der Waals surface area contributed by atoms with E-state index in [0.717, 1.165) is 11.4 Å². The van der Waals surface area contributed by atoms with Gasteiger partial charge in [-0.25, -0.2) is 0 Å². The van der Waals surface area contributed by atoms with Crippen LogP contribution < -0.4 is 15.0 Å². The minimum absolute atomic E-state index is 0.00587. The number of anilines is 1. The maximum Gasteiger partial charge on any atom is 0.229 e.